The zero-order chi connectivity index (χ0) is 15.4. The lowest BCUT2D eigenvalue weighted by Crippen LogP contribution is -2.13. The van der Waals surface area contributed by atoms with Crippen molar-refractivity contribution in [3.8, 4) is 5.75 Å². The fourth-order valence-corrected chi connectivity index (χ4v) is 2.05. The van der Waals surface area contributed by atoms with Crippen LogP contribution in [0.3, 0.4) is 0 Å². The number of hydrogen-bond donors (Lipinski definition) is 3. The highest BCUT2D eigenvalue weighted by Gasteiger charge is 2.08. The molecule has 5 nitrogen and oxygen atoms in total. The molecule has 1 amide bonds. The minimum absolute atomic E-state index is 0.270. The summed E-state index contributed by atoms with van der Waals surface area (Å²) in [5.74, 6) is 0.183. The number of primary amides is 1. The molecule has 2 aromatic rings. The third kappa shape index (κ3) is 3.49. The van der Waals surface area contributed by atoms with E-state index in [1.165, 1.54) is 0 Å². The second-order valence-electron chi connectivity index (χ2n) is 4.35. The van der Waals surface area contributed by atoms with Crippen molar-refractivity contribution in [3.63, 3.8) is 0 Å². The number of amides is 1. The molecule has 108 valence electrons. The molecule has 0 aliphatic heterocycles. The number of carbonyl (C=O) groups excluding carboxylic acids is 1. The van der Waals surface area contributed by atoms with Crippen molar-refractivity contribution in [1.29, 1.82) is 0 Å². The molecule has 2 aromatic carbocycles. The van der Waals surface area contributed by atoms with Crippen LogP contribution < -0.4 is 21.5 Å². The van der Waals surface area contributed by atoms with Crippen LogP contribution in [-0.4, -0.2) is 18.0 Å². The lowest BCUT2D eigenvalue weighted by atomic mass is 10.1. The molecular weight excluding hydrogens is 286 g/mol. The maximum absolute atomic E-state index is 11.2. The van der Waals surface area contributed by atoms with Crippen LogP contribution in [0.25, 0.3) is 0 Å². The Morgan fingerprint density at radius 1 is 1.19 bits per heavy atom. The number of nitrogens with two attached hydrogens (primary N) is 2. The summed E-state index contributed by atoms with van der Waals surface area (Å²) in [7, 11) is 1.58. The highest BCUT2D eigenvalue weighted by atomic mass is 32.1. The summed E-state index contributed by atoms with van der Waals surface area (Å²) in [6.45, 7) is 0. The molecule has 0 fully saturated rings. The van der Waals surface area contributed by atoms with E-state index in [-0.39, 0.29) is 4.99 Å². The quantitative estimate of drug-likeness (QED) is 0.736. The zero-order valence-corrected chi connectivity index (χ0v) is 12.2. The summed E-state index contributed by atoms with van der Waals surface area (Å²) in [6.07, 6.45) is 0. The minimum Gasteiger partial charge on any atom is -0.497 e. The van der Waals surface area contributed by atoms with Crippen LogP contribution in [-0.2, 0) is 0 Å². The molecule has 0 saturated carbocycles. The third-order valence-corrected chi connectivity index (χ3v) is 3.14. The number of ether oxygens (including phenoxy) is 1. The predicted octanol–water partition coefficient (Wildman–Crippen LogP) is 2.17. The topological polar surface area (TPSA) is 90.4 Å². The van der Waals surface area contributed by atoms with Crippen LogP contribution in [0.2, 0.25) is 0 Å². The molecule has 0 bridgehead atoms. The van der Waals surface area contributed by atoms with Gasteiger partial charge in [0.15, 0.2) is 0 Å². The second-order valence-corrected chi connectivity index (χ2v) is 4.79. The Labute approximate surface area is 127 Å². The van der Waals surface area contributed by atoms with Gasteiger partial charge in [0, 0.05) is 22.9 Å². The lowest BCUT2D eigenvalue weighted by Gasteiger charge is -2.13. The number of nitrogens with one attached hydrogen (secondary N) is 1. The number of thiocarbonyl (C=S) groups is 1. The van der Waals surface area contributed by atoms with E-state index in [2.05, 4.69) is 5.32 Å². The van der Waals surface area contributed by atoms with Crippen LogP contribution >= 0.6 is 12.2 Å². The summed E-state index contributed by atoms with van der Waals surface area (Å²) < 4.78 is 5.19. The molecule has 6 heteroatoms. The SMILES string of the molecule is COc1ccc(C(N)=S)c(Nc2cccc(C(N)=O)c2)c1. The molecule has 0 aliphatic rings. The van der Waals surface area contributed by atoms with Gasteiger partial charge in [-0.05, 0) is 30.3 Å². The Morgan fingerprint density at radius 3 is 2.57 bits per heavy atom. The average molecular weight is 301 g/mol. The number of anilines is 2. The van der Waals surface area contributed by atoms with Gasteiger partial charge in [-0.3, -0.25) is 4.79 Å². The van der Waals surface area contributed by atoms with Gasteiger partial charge in [-0.2, -0.15) is 0 Å². The Hall–Kier alpha value is -2.60. The first kappa shape index (κ1) is 14.8. The van der Waals surface area contributed by atoms with Gasteiger partial charge in [-0.25, -0.2) is 0 Å². The van der Waals surface area contributed by atoms with E-state index >= 15 is 0 Å². The van der Waals surface area contributed by atoms with E-state index in [4.69, 9.17) is 28.4 Å². The van der Waals surface area contributed by atoms with Crippen molar-refractivity contribution in [1.82, 2.24) is 0 Å². The van der Waals surface area contributed by atoms with Crippen molar-refractivity contribution in [2.75, 3.05) is 12.4 Å². The van der Waals surface area contributed by atoms with Crippen LogP contribution in [0.15, 0.2) is 42.5 Å². The summed E-state index contributed by atoms with van der Waals surface area (Å²) in [6, 6.07) is 12.2. The number of benzene rings is 2. The molecule has 0 radical (unpaired) electrons. The van der Waals surface area contributed by atoms with E-state index in [1.807, 2.05) is 6.07 Å². The Balaban J connectivity index is 2.40. The standard InChI is InChI=1S/C15H15N3O2S/c1-20-11-5-6-12(15(17)21)13(8-11)18-10-4-2-3-9(7-10)14(16)19/h2-8,18H,1H3,(H2,16,19)(H2,17,21). The monoisotopic (exact) mass is 301 g/mol. The van der Waals surface area contributed by atoms with E-state index in [1.54, 1.807) is 43.5 Å². The van der Waals surface area contributed by atoms with Crippen LogP contribution in [0.5, 0.6) is 5.75 Å². The van der Waals surface area contributed by atoms with Crippen LogP contribution in [0.4, 0.5) is 11.4 Å². The number of rotatable bonds is 5. The average Bonchev–Trinajstić information content (AvgIpc) is 2.47. The van der Waals surface area contributed by atoms with E-state index < -0.39 is 5.91 Å². The fourth-order valence-electron chi connectivity index (χ4n) is 1.87. The molecule has 5 N–H and O–H groups in total. The molecule has 0 heterocycles. The molecule has 0 spiro atoms. The van der Waals surface area contributed by atoms with E-state index in [0.29, 0.717) is 28.3 Å². The lowest BCUT2D eigenvalue weighted by molar-refractivity contribution is 0.100. The molecule has 0 unspecified atom stereocenters. The molecule has 2 rings (SSSR count). The summed E-state index contributed by atoms with van der Waals surface area (Å²) in [5.41, 5.74) is 13.5. The number of carbonyl (C=O) groups is 1. The first-order chi connectivity index (χ1) is 10.0. The van der Waals surface area contributed by atoms with Crippen molar-refractivity contribution >= 4 is 34.5 Å². The fraction of sp³-hybridized carbons (Fsp3) is 0.0667. The summed E-state index contributed by atoms with van der Waals surface area (Å²) >= 11 is 5.04. The van der Waals surface area contributed by atoms with Crippen molar-refractivity contribution < 1.29 is 9.53 Å². The number of hydrogen-bond acceptors (Lipinski definition) is 4. The van der Waals surface area contributed by atoms with Crippen molar-refractivity contribution in [2.24, 2.45) is 11.5 Å². The molecule has 0 aromatic heterocycles. The highest BCUT2D eigenvalue weighted by Crippen LogP contribution is 2.26. The maximum atomic E-state index is 11.2. The normalized spacial score (nSPS) is 9.95. The van der Waals surface area contributed by atoms with E-state index in [0.717, 1.165) is 0 Å². The maximum Gasteiger partial charge on any atom is 0.248 e. The van der Waals surface area contributed by atoms with Gasteiger partial charge in [-0.1, -0.05) is 18.3 Å². The molecule has 0 aliphatic carbocycles. The van der Waals surface area contributed by atoms with Gasteiger partial charge in [0.05, 0.1) is 12.8 Å². The van der Waals surface area contributed by atoms with E-state index in [9.17, 15) is 4.79 Å². The minimum atomic E-state index is -0.487. The van der Waals surface area contributed by atoms with Crippen molar-refractivity contribution in [3.05, 3.63) is 53.6 Å². The number of methoxy groups -OCH3 is 1. The highest BCUT2D eigenvalue weighted by molar-refractivity contribution is 7.80. The summed E-state index contributed by atoms with van der Waals surface area (Å²) in [4.78, 5) is 11.5. The van der Waals surface area contributed by atoms with Gasteiger partial charge in [0.1, 0.15) is 10.7 Å². The van der Waals surface area contributed by atoms with Gasteiger partial charge < -0.3 is 21.5 Å². The zero-order valence-electron chi connectivity index (χ0n) is 11.4. The van der Waals surface area contributed by atoms with Gasteiger partial charge in [0.2, 0.25) is 5.91 Å². The molecule has 0 saturated heterocycles. The van der Waals surface area contributed by atoms with Gasteiger partial charge >= 0.3 is 0 Å². The van der Waals surface area contributed by atoms with Crippen molar-refractivity contribution in [2.45, 2.75) is 0 Å². The van der Waals surface area contributed by atoms with Crippen LogP contribution in [0, 0.1) is 0 Å². The summed E-state index contributed by atoms with van der Waals surface area (Å²) in [5, 5.41) is 3.17. The Kier molecular flexibility index (Phi) is 4.39. The molecule has 21 heavy (non-hydrogen) atoms. The Bertz CT molecular complexity index is 701. The predicted molar refractivity (Wildman–Crippen MR) is 87.1 cm³/mol. The first-order valence-electron chi connectivity index (χ1n) is 6.16. The second kappa shape index (κ2) is 6.23. The first-order valence-corrected chi connectivity index (χ1v) is 6.57. The molecular formula is C15H15N3O2S. The van der Waals surface area contributed by atoms with Gasteiger partial charge in [0.25, 0.3) is 0 Å². The van der Waals surface area contributed by atoms with Crippen LogP contribution in [0.1, 0.15) is 15.9 Å². The van der Waals surface area contributed by atoms with Gasteiger partial charge in [-0.15, -0.1) is 0 Å². The largest absolute Gasteiger partial charge is 0.497 e. The third-order valence-electron chi connectivity index (χ3n) is 2.92. The molecule has 0 atom stereocenters. The Morgan fingerprint density at radius 2 is 1.95 bits per heavy atom. The smallest absolute Gasteiger partial charge is 0.248 e.